The zero-order valence-electron chi connectivity index (χ0n) is 13.1. The van der Waals surface area contributed by atoms with Crippen LogP contribution < -0.4 is 4.74 Å². The van der Waals surface area contributed by atoms with Crippen molar-refractivity contribution in [3.63, 3.8) is 0 Å². The Kier molecular flexibility index (Phi) is 5.06. The van der Waals surface area contributed by atoms with Gasteiger partial charge in [0, 0.05) is 12.5 Å². The predicted octanol–water partition coefficient (Wildman–Crippen LogP) is 3.03. The van der Waals surface area contributed by atoms with Gasteiger partial charge in [-0.3, -0.25) is 0 Å². The monoisotopic (exact) mass is 301 g/mol. The van der Waals surface area contributed by atoms with Crippen LogP contribution in [-0.2, 0) is 0 Å². The van der Waals surface area contributed by atoms with E-state index in [1.807, 2.05) is 37.3 Å². The normalized spacial score (nSPS) is 16.8. The van der Waals surface area contributed by atoms with E-state index in [2.05, 4.69) is 15.0 Å². The molecule has 0 N–H and O–H groups in total. The van der Waals surface area contributed by atoms with Crippen LogP contribution in [0.2, 0.25) is 0 Å². The van der Waals surface area contributed by atoms with Crippen molar-refractivity contribution in [2.75, 3.05) is 26.2 Å². The molecule has 1 aliphatic heterocycles. The Balaban J connectivity index is 1.34. The Bertz CT molecular complexity index is 562. The molecule has 0 saturated carbocycles. The number of nitrogens with zero attached hydrogens (tertiary/aromatic N) is 3. The summed E-state index contributed by atoms with van der Waals surface area (Å²) in [6.07, 6.45) is 3.25. The highest BCUT2D eigenvalue weighted by atomic mass is 16.5. The fraction of sp³-hybridized carbons (Fsp3) is 0.529. The van der Waals surface area contributed by atoms with Crippen molar-refractivity contribution in [3.8, 4) is 5.75 Å². The molecule has 118 valence electrons. The highest BCUT2D eigenvalue weighted by Gasteiger charge is 2.24. The van der Waals surface area contributed by atoms with Gasteiger partial charge in [-0.25, -0.2) is 0 Å². The van der Waals surface area contributed by atoms with Crippen LogP contribution in [0.1, 0.15) is 36.9 Å². The van der Waals surface area contributed by atoms with Crippen LogP contribution in [-0.4, -0.2) is 41.3 Å². The number of aryl methyl sites for hydroxylation is 1. The minimum Gasteiger partial charge on any atom is -0.494 e. The third-order valence-electron chi connectivity index (χ3n) is 4.11. The topological polar surface area (TPSA) is 51.4 Å². The Morgan fingerprint density at radius 2 is 2.00 bits per heavy atom. The number of likely N-dealkylation sites (tertiary alicyclic amines) is 1. The van der Waals surface area contributed by atoms with Crippen molar-refractivity contribution in [3.05, 3.63) is 42.0 Å². The second kappa shape index (κ2) is 7.40. The van der Waals surface area contributed by atoms with Crippen molar-refractivity contribution in [1.29, 1.82) is 0 Å². The third kappa shape index (κ3) is 4.07. The largest absolute Gasteiger partial charge is 0.494 e. The highest BCUT2D eigenvalue weighted by Crippen LogP contribution is 2.26. The highest BCUT2D eigenvalue weighted by molar-refractivity contribution is 5.20. The van der Waals surface area contributed by atoms with E-state index < -0.39 is 0 Å². The number of benzene rings is 1. The Morgan fingerprint density at radius 1 is 1.23 bits per heavy atom. The zero-order valence-corrected chi connectivity index (χ0v) is 13.1. The Hall–Kier alpha value is -1.88. The summed E-state index contributed by atoms with van der Waals surface area (Å²) >= 11 is 0. The summed E-state index contributed by atoms with van der Waals surface area (Å²) in [5.41, 5.74) is 0. The van der Waals surface area contributed by atoms with E-state index >= 15 is 0 Å². The van der Waals surface area contributed by atoms with Crippen molar-refractivity contribution < 1.29 is 9.26 Å². The number of aromatic nitrogens is 2. The average Bonchev–Trinajstić information content (AvgIpc) is 3.00. The fourth-order valence-electron chi connectivity index (χ4n) is 2.88. The lowest BCUT2D eigenvalue weighted by molar-refractivity contribution is 0.180. The summed E-state index contributed by atoms with van der Waals surface area (Å²) in [4.78, 5) is 6.85. The summed E-state index contributed by atoms with van der Waals surface area (Å²) < 4.78 is 11.0. The van der Waals surface area contributed by atoms with Crippen LogP contribution in [0.15, 0.2) is 34.9 Å². The van der Waals surface area contributed by atoms with Crippen LogP contribution >= 0.6 is 0 Å². The van der Waals surface area contributed by atoms with Crippen LogP contribution in [0.25, 0.3) is 0 Å². The summed E-state index contributed by atoms with van der Waals surface area (Å²) in [6.45, 7) is 5.92. The molecule has 1 fully saturated rings. The fourth-order valence-corrected chi connectivity index (χ4v) is 2.88. The van der Waals surface area contributed by atoms with Crippen molar-refractivity contribution in [2.24, 2.45) is 0 Å². The molecule has 5 nitrogen and oxygen atoms in total. The second-order valence-corrected chi connectivity index (χ2v) is 5.81. The van der Waals surface area contributed by atoms with Gasteiger partial charge in [0.1, 0.15) is 5.75 Å². The maximum atomic E-state index is 5.73. The molecular formula is C17H23N3O2. The Labute approximate surface area is 131 Å². The van der Waals surface area contributed by atoms with Gasteiger partial charge in [0.25, 0.3) is 0 Å². The minimum absolute atomic E-state index is 0.429. The molecule has 3 rings (SSSR count). The molecule has 1 saturated heterocycles. The van der Waals surface area contributed by atoms with Crippen LogP contribution in [0.3, 0.4) is 0 Å². The molecule has 1 aliphatic rings. The molecule has 0 amide bonds. The smallest absolute Gasteiger partial charge is 0.229 e. The molecule has 22 heavy (non-hydrogen) atoms. The molecule has 2 aromatic rings. The van der Waals surface area contributed by atoms with Gasteiger partial charge in [-0.1, -0.05) is 23.4 Å². The van der Waals surface area contributed by atoms with Gasteiger partial charge in [-0.05, 0) is 51.4 Å². The Morgan fingerprint density at radius 3 is 2.68 bits per heavy atom. The molecule has 0 spiro atoms. The van der Waals surface area contributed by atoms with Gasteiger partial charge in [-0.15, -0.1) is 0 Å². The van der Waals surface area contributed by atoms with Crippen molar-refractivity contribution in [1.82, 2.24) is 15.0 Å². The summed E-state index contributed by atoms with van der Waals surface area (Å²) in [5, 5.41) is 3.88. The van der Waals surface area contributed by atoms with Gasteiger partial charge >= 0.3 is 0 Å². The zero-order chi connectivity index (χ0) is 15.2. The summed E-state index contributed by atoms with van der Waals surface area (Å²) in [7, 11) is 0. The molecular weight excluding hydrogens is 278 g/mol. The SMILES string of the molecule is Cc1noc(C2CCN(CCCOc3ccccc3)CC2)n1. The van der Waals surface area contributed by atoms with Crippen LogP contribution in [0, 0.1) is 6.92 Å². The maximum absolute atomic E-state index is 5.73. The lowest BCUT2D eigenvalue weighted by Gasteiger charge is -2.30. The molecule has 1 aromatic heterocycles. The van der Waals surface area contributed by atoms with E-state index in [9.17, 15) is 0 Å². The van der Waals surface area contributed by atoms with E-state index in [0.29, 0.717) is 5.92 Å². The van der Waals surface area contributed by atoms with Gasteiger partial charge in [0.05, 0.1) is 6.61 Å². The first-order valence-corrected chi connectivity index (χ1v) is 8.01. The number of hydrogen-bond acceptors (Lipinski definition) is 5. The molecule has 2 heterocycles. The predicted molar refractivity (Wildman–Crippen MR) is 84.0 cm³/mol. The molecule has 0 aliphatic carbocycles. The summed E-state index contributed by atoms with van der Waals surface area (Å²) in [6, 6.07) is 10.00. The van der Waals surface area contributed by atoms with E-state index in [1.165, 1.54) is 0 Å². The molecule has 0 unspecified atom stereocenters. The van der Waals surface area contributed by atoms with Crippen molar-refractivity contribution >= 4 is 0 Å². The van der Waals surface area contributed by atoms with E-state index in [0.717, 1.165) is 63.0 Å². The molecule has 5 heteroatoms. The molecule has 0 atom stereocenters. The molecule has 1 aromatic carbocycles. The number of ether oxygens (including phenoxy) is 1. The number of hydrogen-bond donors (Lipinski definition) is 0. The maximum Gasteiger partial charge on any atom is 0.229 e. The number of piperidine rings is 1. The van der Waals surface area contributed by atoms with Gasteiger partial charge < -0.3 is 14.2 Å². The molecule has 0 bridgehead atoms. The first-order chi connectivity index (χ1) is 10.8. The number of para-hydroxylation sites is 1. The number of rotatable bonds is 6. The quantitative estimate of drug-likeness (QED) is 0.768. The third-order valence-corrected chi connectivity index (χ3v) is 4.11. The lowest BCUT2D eigenvalue weighted by atomic mass is 9.97. The summed E-state index contributed by atoms with van der Waals surface area (Å²) in [5.74, 6) is 2.92. The average molecular weight is 301 g/mol. The van der Waals surface area contributed by atoms with E-state index in [-0.39, 0.29) is 0 Å². The van der Waals surface area contributed by atoms with Gasteiger partial charge in [0.2, 0.25) is 5.89 Å². The first-order valence-electron chi connectivity index (χ1n) is 8.01. The van der Waals surface area contributed by atoms with Crippen LogP contribution in [0.4, 0.5) is 0 Å². The van der Waals surface area contributed by atoms with Gasteiger partial charge in [0.15, 0.2) is 5.82 Å². The van der Waals surface area contributed by atoms with Crippen molar-refractivity contribution in [2.45, 2.75) is 32.1 Å². The first kappa shape index (κ1) is 15.0. The standard InChI is InChI=1S/C17H23N3O2/c1-14-18-17(22-19-14)15-8-11-20(12-9-15)10-5-13-21-16-6-3-2-4-7-16/h2-4,6-7,15H,5,8-13H2,1H3. The minimum atomic E-state index is 0.429. The van der Waals surface area contributed by atoms with E-state index in [4.69, 9.17) is 9.26 Å². The van der Waals surface area contributed by atoms with Gasteiger partial charge in [-0.2, -0.15) is 4.98 Å². The molecule has 0 radical (unpaired) electrons. The lowest BCUT2D eigenvalue weighted by Crippen LogP contribution is -2.34. The van der Waals surface area contributed by atoms with E-state index in [1.54, 1.807) is 0 Å². The van der Waals surface area contributed by atoms with Crippen LogP contribution in [0.5, 0.6) is 5.75 Å². The second-order valence-electron chi connectivity index (χ2n) is 5.81.